The molecule has 2 aromatic rings. The van der Waals surface area contributed by atoms with Crippen molar-refractivity contribution in [2.24, 2.45) is 5.92 Å². The van der Waals surface area contributed by atoms with Gasteiger partial charge in [0.1, 0.15) is 11.6 Å². The molecule has 5 heteroatoms. The van der Waals surface area contributed by atoms with E-state index in [1.54, 1.807) is 36.7 Å². The number of halogens is 1. The summed E-state index contributed by atoms with van der Waals surface area (Å²) >= 11 is 0. The molecule has 3 rings (SSSR count). The number of hydrogen-bond donors (Lipinski definition) is 0. The quantitative estimate of drug-likeness (QED) is 0.870. The molecule has 1 aromatic heterocycles. The van der Waals surface area contributed by atoms with Crippen LogP contribution in [0, 0.1) is 11.7 Å². The highest BCUT2D eigenvalue weighted by atomic mass is 19.1. The van der Waals surface area contributed by atoms with E-state index in [1.807, 2.05) is 4.90 Å². The van der Waals surface area contributed by atoms with Crippen molar-refractivity contribution in [3.63, 3.8) is 0 Å². The molecule has 1 amide bonds. The Balaban J connectivity index is 1.57. The second kappa shape index (κ2) is 7.22. The lowest BCUT2D eigenvalue weighted by Gasteiger charge is -2.32. The maximum absolute atomic E-state index is 13.2. The van der Waals surface area contributed by atoms with Crippen molar-refractivity contribution in [2.45, 2.75) is 12.8 Å². The van der Waals surface area contributed by atoms with E-state index in [0.717, 1.165) is 19.4 Å². The van der Waals surface area contributed by atoms with Gasteiger partial charge >= 0.3 is 0 Å². The second-order valence-electron chi connectivity index (χ2n) is 5.76. The van der Waals surface area contributed by atoms with Crippen LogP contribution in [0.5, 0.6) is 5.75 Å². The van der Waals surface area contributed by atoms with Gasteiger partial charge in [-0.25, -0.2) is 4.39 Å². The summed E-state index contributed by atoms with van der Waals surface area (Å²) in [7, 11) is 0. The van der Waals surface area contributed by atoms with Gasteiger partial charge in [-0.3, -0.25) is 9.78 Å². The summed E-state index contributed by atoms with van der Waals surface area (Å²) in [6.45, 7) is 1.91. The van der Waals surface area contributed by atoms with Crippen LogP contribution in [0.3, 0.4) is 0 Å². The van der Waals surface area contributed by atoms with Crippen LogP contribution in [0.25, 0.3) is 0 Å². The summed E-state index contributed by atoms with van der Waals surface area (Å²) in [5.74, 6) is 0.517. The van der Waals surface area contributed by atoms with Gasteiger partial charge in [-0.2, -0.15) is 0 Å². The van der Waals surface area contributed by atoms with Gasteiger partial charge in [0.2, 0.25) is 0 Å². The maximum Gasteiger partial charge on any atom is 0.253 e. The van der Waals surface area contributed by atoms with Crippen molar-refractivity contribution >= 4 is 5.91 Å². The zero-order valence-corrected chi connectivity index (χ0v) is 12.8. The highest BCUT2D eigenvalue weighted by Crippen LogP contribution is 2.20. The number of rotatable bonds is 4. The number of pyridine rings is 1. The molecule has 2 heterocycles. The van der Waals surface area contributed by atoms with Gasteiger partial charge in [0.05, 0.1) is 6.61 Å². The first-order valence-corrected chi connectivity index (χ1v) is 7.80. The average Bonchev–Trinajstić information content (AvgIpc) is 2.60. The molecule has 0 aliphatic carbocycles. The molecule has 0 saturated carbocycles. The van der Waals surface area contributed by atoms with Crippen molar-refractivity contribution in [1.29, 1.82) is 0 Å². The minimum Gasteiger partial charge on any atom is -0.493 e. The number of carbonyl (C=O) groups excluding carboxylic acids is 1. The van der Waals surface area contributed by atoms with E-state index in [-0.39, 0.29) is 17.6 Å². The largest absolute Gasteiger partial charge is 0.493 e. The van der Waals surface area contributed by atoms with E-state index in [1.165, 1.54) is 12.1 Å². The smallest absolute Gasteiger partial charge is 0.253 e. The van der Waals surface area contributed by atoms with Crippen LogP contribution in [0.2, 0.25) is 0 Å². The molecule has 23 heavy (non-hydrogen) atoms. The Morgan fingerprint density at radius 1 is 1.30 bits per heavy atom. The number of likely N-dealkylation sites (tertiary alicyclic amines) is 1. The molecular weight excluding hydrogens is 295 g/mol. The third-order valence-electron chi connectivity index (χ3n) is 4.02. The van der Waals surface area contributed by atoms with Crippen LogP contribution in [0.4, 0.5) is 4.39 Å². The number of piperidine rings is 1. The number of aromatic nitrogens is 1. The monoisotopic (exact) mass is 314 g/mol. The third kappa shape index (κ3) is 4.06. The lowest BCUT2D eigenvalue weighted by Crippen LogP contribution is -2.41. The number of nitrogens with zero attached hydrogens (tertiary/aromatic N) is 2. The summed E-state index contributed by atoms with van der Waals surface area (Å²) in [6, 6.07) is 9.60. The number of hydrogen-bond acceptors (Lipinski definition) is 3. The first-order valence-electron chi connectivity index (χ1n) is 7.80. The van der Waals surface area contributed by atoms with Crippen LogP contribution in [-0.2, 0) is 0 Å². The van der Waals surface area contributed by atoms with Crippen LogP contribution < -0.4 is 4.74 Å². The third-order valence-corrected chi connectivity index (χ3v) is 4.02. The molecule has 1 aliphatic heterocycles. The molecule has 120 valence electrons. The molecule has 0 unspecified atom stereocenters. The van der Waals surface area contributed by atoms with Crippen molar-refractivity contribution in [3.8, 4) is 5.75 Å². The van der Waals surface area contributed by atoms with E-state index in [2.05, 4.69) is 4.98 Å². The highest BCUT2D eigenvalue weighted by Gasteiger charge is 2.24. The Hall–Kier alpha value is -2.43. The molecule has 1 atom stereocenters. The van der Waals surface area contributed by atoms with Gasteiger partial charge in [-0.05, 0) is 37.1 Å². The zero-order valence-electron chi connectivity index (χ0n) is 12.8. The van der Waals surface area contributed by atoms with E-state index >= 15 is 0 Å². The Morgan fingerprint density at radius 3 is 2.91 bits per heavy atom. The van der Waals surface area contributed by atoms with Crippen molar-refractivity contribution in [1.82, 2.24) is 9.88 Å². The topological polar surface area (TPSA) is 42.4 Å². The molecule has 1 fully saturated rings. The summed E-state index contributed by atoms with van der Waals surface area (Å²) in [4.78, 5) is 18.3. The van der Waals surface area contributed by atoms with Gasteiger partial charge in [-0.1, -0.05) is 6.07 Å². The first-order chi connectivity index (χ1) is 11.2. The summed E-state index contributed by atoms with van der Waals surface area (Å²) in [5, 5.41) is 0. The van der Waals surface area contributed by atoms with Gasteiger partial charge < -0.3 is 9.64 Å². The summed E-state index contributed by atoms with van der Waals surface area (Å²) in [6.07, 6.45) is 5.22. The molecule has 0 spiro atoms. The van der Waals surface area contributed by atoms with Crippen LogP contribution in [0.15, 0.2) is 48.8 Å². The number of amides is 1. The predicted molar refractivity (Wildman–Crippen MR) is 84.8 cm³/mol. The molecule has 1 aromatic carbocycles. The summed E-state index contributed by atoms with van der Waals surface area (Å²) < 4.78 is 18.8. The lowest BCUT2D eigenvalue weighted by atomic mass is 9.98. The number of benzene rings is 1. The fraction of sp³-hybridized carbons (Fsp3) is 0.333. The fourth-order valence-electron chi connectivity index (χ4n) is 2.83. The number of carbonyl (C=O) groups is 1. The van der Waals surface area contributed by atoms with E-state index in [0.29, 0.717) is 24.5 Å². The Kier molecular flexibility index (Phi) is 4.86. The van der Waals surface area contributed by atoms with Crippen molar-refractivity contribution in [2.75, 3.05) is 19.7 Å². The molecular formula is C18H19FN2O2. The van der Waals surface area contributed by atoms with Gasteiger partial charge in [0.25, 0.3) is 5.91 Å². The van der Waals surface area contributed by atoms with E-state index in [4.69, 9.17) is 4.74 Å². The lowest BCUT2D eigenvalue weighted by molar-refractivity contribution is 0.0633. The van der Waals surface area contributed by atoms with Crippen LogP contribution >= 0.6 is 0 Å². The Labute approximate surface area is 134 Å². The first kappa shape index (κ1) is 15.5. The van der Waals surface area contributed by atoms with Gasteiger partial charge in [-0.15, -0.1) is 0 Å². The second-order valence-corrected chi connectivity index (χ2v) is 5.76. The maximum atomic E-state index is 13.2. The Morgan fingerprint density at radius 2 is 2.13 bits per heavy atom. The van der Waals surface area contributed by atoms with Gasteiger partial charge in [0, 0.05) is 43.0 Å². The highest BCUT2D eigenvalue weighted by molar-refractivity contribution is 5.94. The SMILES string of the molecule is O=C(c1ccncc1)N1CCC[C@H](COc2cccc(F)c2)C1. The van der Waals surface area contributed by atoms with Crippen molar-refractivity contribution < 1.29 is 13.9 Å². The van der Waals surface area contributed by atoms with Crippen LogP contribution in [-0.4, -0.2) is 35.5 Å². The van der Waals surface area contributed by atoms with Gasteiger partial charge in [0.15, 0.2) is 0 Å². The van der Waals surface area contributed by atoms with E-state index < -0.39 is 0 Å². The van der Waals surface area contributed by atoms with Crippen LogP contribution in [0.1, 0.15) is 23.2 Å². The zero-order chi connectivity index (χ0) is 16.1. The molecule has 1 saturated heterocycles. The average molecular weight is 314 g/mol. The predicted octanol–water partition coefficient (Wildman–Crippen LogP) is 3.15. The van der Waals surface area contributed by atoms with Crippen molar-refractivity contribution in [3.05, 3.63) is 60.2 Å². The summed E-state index contributed by atoms with van der Waals surface area (Å²) in [5.41, 5.74) is 0.659. The molecule has 0 N–H and O–H groups in total. The molecule has 0 radical (unpaired) electrons. The molecule has 4 nitrogen and oxygen atoms in total. The molecule has 0 bridgehead atoms. The number of ether oxygens (including phenoxy) is 1. The Bertz CT molecular complexity index is 663. The molecule has 1 aliphatic rings. The normalized spacial score (nSPS) is 17.8. The minimum atomic E-state index is -0.305. The minimum absolute atomic E-state index is 0.0304. The standard InChI is InChI=1S/C18H19FN2O2/c19-16-4-1-5-17(11-16)23-13-14-3-2-10-21(12-14)18(22)15-6-8-20-9-7-15/h1,4-9,11,14H,2-3,10,12-13H2/t14-/m0/s1. The van der Waals surface area contributed by atoms with E-state index in [9.17, 15) is 9.18 Å². The fourth-order valence-corrected chi connectivity index (χ4v) is 2.83.